The number of ether oxygens (including phenoxy) is 1. The molecule has 6 nitrogen and oxygen atoms in total. The lowest BCUT2D eigenvalue weighted by Crippen LogP contribution is -1.93. The van der Waals surface area contributed by atoms with Gasteiger partial charge in [-0.25, -0.2) is 0 Å². The lowest BCUT2D eigenvalue weighted by Gasteiger charge is -2.04. The Bertz CT molecular complexity index is 540. The maximum absolute atomic E-state index is 10.5. The van der Waals surface area contributed by atoms with Gasteiger partial charge in [-0.1, -0.05) is 6.07 Å². The smallest absolute Gasteiger partial charge is 0.269 e. The molecule has 1 aromatic heterocycles. The predicted octanol–water partition coefficient (Wildman–Crippen LogP) is 2.36. The summed E-state index contributed by atoms with van der Waals surface area (Å²) in [7, 11) is 0. The number of nitrogen functional groups attached to an aromatic ring is 1. The first-order chi connectivity index (χ1) is 8.15. The standard InChI is InChI=1S/C11H9N3O3/c12-10-2-1-3-11(13-10)17-9-6-4-8(5-7-9)14(15)16/h1-7H,(H2,12,13). The summed E-state index contributed by atoms with van der Waals surface area (Å²) in [6, 6.07) is 10.7. The molecule has 0 aliphatic rings. The van der Waals surface area contributed by atoms with Crippen LogP contribution in [-0.4, -0.2) is 9.91 Å². The Morgan fingerprint density at radius 2 is 1.88 bits per heavy atom. The molecule has 0 radical (unpaired) electrons. The van der Waals surface area contributed by atoms with Gasteiger partial charge in [-0.15, -0.1) is 0 Å². The molecule has 2 N–H and O–H groups in total. The molecule has 0 unspecified atom stereocenters. The second-order valence-corrected chi connectivity index (χ2v) is 3.25. The number of pyridine rings is 1. The number of aromatic nitrogens is 1. The van der Waals surface area contributed by atoms with E-state index in [0.717, 1.165) is 0 Å². The van der Waals surface area contributed by atoms with E-state index in [9.17, 15) is 10.1 Å². The molecular weight excluding hydrogens is 222 g/mol. The van der Waals surface area contributed by atoms with Crippen molar-refractivity contribution in [3.63, 3.8) is 0 Å². The molecule has 2 aromatic rings. The fourth-order valence-electron chi connectivity index (χ4n) is 1.24. The first kappa shape index (κ1) is 10.9. The Hall–Kier alpha value is -2.63. The normalized spacial score (nSPS) is 9.88. The number of nitro benzene ring substituents is 1. The number of rotatable bonds is 3. The Morgan fingerprint density at radius 1 is 1.18 bits per heavy atom. The summed E-state index contributed by atoms with van der Waals surface area (Å²) in [6.07, 6.45) is 0. The number of nitrogens with zero attached hydrogens (tertiary/aromatic N) is 2. The Labute approximate surface area is 96.8 Å². The summed E-state index contributed by atoms with van der Waals surface area (Å²) < 4.78 is 5.38. The van der Waals surface area contributed by atoms with Gasteiger partial charge in [-0.3, -0.25) is 10.1 Å². The van der Waals surface area contributed by atoms with E-state index in [1.807, 2.05) is 0 Å². The molecule has 0 atom stereocenters. The zero-order valence-corrected chi connectivity index (χ0v) is 8.74. The molecule has 0 saturated heterocycles. The molecule has 2 rings (SSSR count). The Kier molecular flexibility index (Phi) is 2.87. The van der Waals surface area contributed by atoms with Crippen LogP contribution < -0.4 is 10.5 Å². The third-order valence-corrected chi connectivity index (χ3v) is 2.02. The van der Waals surface area contributed by atoms with E-state index in [2.05, 4.69) is 4.98 Å². The Balaban J connectivity index is 2.16. The highest BCUT2D eigenvalue weighted by Gasteiger charge is 2.05. The first-order valence-corrected chi connectivity index (χ1v) is 4.80. The van der Waals surface area contributed by atoms with Crippen molar-refractivity contribution in [1.29, 1.82) is 0 Å². The van der Waals surface area contributed by atoms with Gasteiger partial charge in [0.05, 0.1) is 4.92 Å². The number of hydrogen-bond donors (Lipinski definition) is 1. The summed E-state index contributed by atoms with van der Waals surface area (Å²) >= 11 is 0. The van der Waals surface area contributed by atoms with Crippen LogP contribution in [0.5, 0.6) is 11.6 Å². The number of nitrogens with two attached hydrogens (primary N) is 1. The van der Waals surface area contributed by atoms with Crippen LogP contribution in [0.15, 0.2) is 42.5 Å². The first-order valence-electron chi connectivity index (χ1n) is 4.80. The monoisotopic (exact) mass is 231 g/mol. The van der Waals surface area contributed by atoms with Gasteiger partial charge in [-0.05, 0) is 18.2 Å². The average Bonchev–Trinajstić information content (AvgIpc) is 2.29. The highest BCUT2D eigenvalue weighted by Crippen LogP contribution is 2.22. The molecule has 0 bridgehead atoms. The van der Waals surface area contributed by atoms with Crippen molar-refractivity contribution in [1.82, 2.24) is 4.98 Å². The third-order valence-electron chi connectivity index (χ3n) is 2.02. The van der Waals surface area contributed by atoms with Gasteiger partial charge in [-0.2, -0.15) is 4.98 Å². The number of hydrogen-bond acceptors (Lipinski definition) is 5. The van der Waals surface area contributed by atoms with E-state index >= 15 is 0 Å². The third kappa shape index (κ3) is 2.69. The molecule has 0 amide bonds. The van der Waals surface area contributed by atoms with Gasteiger partial charge in [0.1, 0.15) is 11.6 Å². The van der Waals surface area contributed by atoms with E-state index in [0.29, 0.717) is 17.4 Å². The van der Waals surface area contributed by atoms with Gasteiger partial charge >= 0.3 is 0 Å². The quantitative estimate of drug-likeness (QED) is 0.646. The van der Waals surface area contributed by atoms with E-state index in [1.54, 1.807) is 18.2 Å². The van der Waals surface area contributed by atoms with Crippen molar-refractivity contribution in [2.75, 3.05) is 5.73 Å². The van der Waals surface area contributed by atoms with Gasteiger partial charge in [0, 0.05) is 18.2 Å². The second-order valence-electron chi connectivity index (χ2n) is 3.25. The molecule has 0 fully saturated rings. The number of non-ortho nitro benzene ring substituents is 1. The molecule has 1 aromatic carbocycles. The van der Waals surface area contributed by atoms with Gasteiger partial charge < -0.3 is 10.5 Å². The molecular formula is C11H9N3O3. The molecule has 1 heterocycles. The van der Waals surface area contributed by atoms with Crippen LogP contribution in [0, 0.1) is 10.1 Å². The maximum atomic E-state index is 10.5. The van der Waals surface area contributed by atoms with Crippen molar-refractivity contribution >= 4 is 11.5 Å². The van der Waals surface area contributed by atoms with Crippen LogP contribution in [-0.2, 0) is 0 Å². The summed E-state index contributed by atoms with van der Waals surface area (Å²) in [4.78, 5) is 13.9. The van der Waals surface area contributed by atoms with Crippen molar-refractivity contribution in [2.24, 2.45) is 0 Å². The van der Waals surface area contributed by atoms with E-state index in [4.69, 9.17) is 10.5 Å². The zero-order chi connectivity index (χ0) is 12.3. The minimum absolute atomic E-state index is 0.0119. The van der Waals surface area contributed by atoms with Crippen LogP contribution >= 0.6 is 0 Å². The van der Waals surface area contributed by atoms with Crippen molar-refractivity contribution in [3.8, 4) is 11.6 Å². The predicted molar refractivity (Wildman–Crippen MR) is 61.8 cm³/mol. The largest absolute Gasteiger partial charge is 0.439 e. The van der Waals surface area contributed by atoms with Crippen molar-refractivity contribution < 1.29 is 9.66 Å². The van der Waals surface area contributed by atoms with Crippen molar-refractivity contribution in [3.05, 3.63) is 52.6 Å². The summed E-state index contributed by atoms with van der Waals surface area (Å²) in [5.74, 6) is 1.16. The molecule has 17 heavy (non-hydrogen) atoms. The highest BCUT2D eigenvalue weighted by molar-refractivity contribution is 5.38. The van der Waals surface area contributed by atoms with Gasteiger partial charge in [0.2, 0.25) is 5.88 Å². The number of anilines is 1. The van der Waals surface area contributed by atoms with Crippen LogP contribution in [0.3, 0.4) is 0 Å². The number of nitro groups is 1. The zero-order valence-electron chi connectivity index (χ0n) is 8.74. The minimum atomic E-state index is -0.470. The van der Waals surface area contributed by atoms with Gasteiger partial charge in [0.25, 0.3) is 5.69 Å². The van der Waals surface area contributed by atoms with Crippen LogP contribution in [0.1, 0.15) is 0 Å². The van der Waals surface area contributed by atoms with Gasteiger partial charge in [0.15, 0.2) is 0 Å². The fourth-order valence-corrected chi connectivity index (χ4v) is 1.24. The molecule has 0 saturated carbocycles. The van der Waals surface area contributed by atoms with Crippen LogP contribution in [0.4, 0.5) is 11.5 Å². The van der Waals surface area contributed by atoms with Crippen LogP contribution in [0.2, 0.25) is 0 Å². The van der Waals surface area contributed by atoms with Crippen LogP contribution in [0.25, 0.3) is 0 Å². The lowest BCUT2D eigenvalue weighted by molar-refractivity contribution is -0.384. The van der Waals surface area contributed by atoms with E-state index in [-0.39, 0.29) is 5.69 Å². The highest BCUT2D eigenvalue weighted by atomic mass is 16.6. The SMILES string of the molecule is Nc1cccc(Oc2ccc([N+](=O)[O-])cc2)n1. The fraction of sp³-hybridized carbons (Fsp3) is 0. The topological polar surface area (TPSA) is 91.3 Å². The van der Waals surface area contributed by atoms with E-state index < -0.39 is 4.92 Å². The molecule has 86 valence electrons. The summed E-state index contributed by atoms with van der Waals surface area (Å²) in [5.41, 5.74) is 5.51. The Morgan fingerprint density at radius 3 is 2.47 bits per heavy atom. The van der Waals surface area contributed by atoms with E-state index in [1.165, 1.54) is 24.3 Å². The maximum Gasteiger partial charge on any atom is 0.269 e. The molecule has 0 aliphatic heterocycles. The summed E-state index contributed by atoms with van der Waals surface area (Å²) in [6.45, 7) is 0. The second kappa shape index (κ2) is 4.48. The summed E-state index contributed by atoms with van der Waals surface area (Å²) in [5, 5.41) is 10.5. The minimum Gasteiger partial charge on any atom is -0.439 e. The molecule has 0 aliphatic carbocycles. The number of benzene rings is 1. The molecule has 0 spiro atoms. The van der Waals surface area contributed by atoms with Crippen molar-refractivity contribution in [2.45, 2.75) is 0 Å². The molecule has 6 heteroatoms. The average molecular weight is 231 g/mol. The lowest BCUT2D eigenvalue weighted by atomic mass is 10.3.